The van der Waals surface area contributed by atoms with Gasteiger partial charge in [0.1, 0.15) is 12.2 Å². The fourth-order valence-electron chi connectivity index (χ4n) is 1.89. The van der Waals surface area contributed by atoms with Crippen molar-refractivity contribution < 1.29 is 0 Å². The molecule has 0 aliphatic rings. The summed E-state index contributed by atoms with van der Waals surface area (Å²) in [6.45, 7) is 6.51. The van der Waals surface area contributed by atoms with Crippen molar-refractivity contribution in [3.8, 4) is 0 Å². The SMILES string of the molecule is CC(C)(C)n1cnnc1CCc1ccccc1. The zero-order valence-electron chi connectivity index (χ0n) is 10.7. The van der Waals surface area contributed by atoms with Crippen LogP contribution in [0.25, 0.3) is 0 Å². The number of benzene rings is 1. The zero-order valence-corrected chi connectivity index (χ0v) is 10.7. The topological polar surface area (TPSA) is 30.7 Å². The summed E-state index contributed by atoms with van der Waals surface area (Å²) in [6.07, 6.45) is 3.76. The summed E-state index contributed by atoms with van der Waals surface area (Å²) in [6, 6.07) is 10.5. The lowest BCUT2D eigenvalue weighted by molar-refractivity contribution is 0.381. The van der Waals surface area contributed by atoms with E-state index in [4.69, 9.17) is 0 Å². The fraction of sp³-hybridized carbons (Fsp3) is 0.429. The van der Waals surface area contributed by atoms with E-state index in [1.165, 1.54) is 5.56 Å². The molecule has 0 saturated carbocycles. The van der Waals surface area contributed by atoms with Crippen LogP contribution in [0.3, 0.4) is 0 Å². The molecule has 1 aromatic heterocycles. The first-order valence-corrected chi connectivity index (χ1v) is 6.01. The van der Waals surface area contributed by atoms with Gasteiger partial charge in [-0.05, 0) is 32.8 Å². The maximum absolute atomic E-state index is 4.21. The number of aryl methyl sites for hydroxylation is 2. The molecule has 0 radical (unpaired) electrons. The molecular weight excluding hydrogens is 210 g/mol. The van der Waals surface area contributed by atoms with E-state index in [0.717, 1.165) is 18.7 Å². The van der Waals surface area contributed by atoms with Crippen LogP contribution in [0.1, 0.15) is 32.2 Å². The summed E-state index contributed by atoms with van der Waals surface area (Å²) in [5.41, 5.74) is 1.39. The van der Waals surface area contributed by atoms with Crippen LogP contribution in [0.15, 0.2) is 36.7 Å². The quantitative estimate of drug-likeness (QED) is 0.810. The van der Waals surface area contributed by atoms with Crippen LogP contribution < -0.4 is 0 Å². The summed E-state index contributed by atoms with van der Waals surface area (Å²) in [4.78, 5) is 0. The third kappa shape index (κ3) is 2.93. The van der Waals surface area contributed by atoms with Crippen LogP contribution in [0, 0.1) is 0 Å². The summed E-state index contributed by atoms with van der Waals surface area (Å²) >= 11 is 0. The van der Waals surface area contributed by atoms with Crippen molar-refractivity contribution in [2.24, 2.45) is 0 Å². The van der Waals surface area contributed by atoms with Gasteiger partial charge in [0.15, 0.2) is 0 Å². The second-order valence-corrected chi connectivity index (χ2v) is 5.27. The Bertz CT molecular complexity index is 466. The molecule has 90 valence electrons. The Morgan fingerprint density at radius 1 is 1.06 bits per heavy atom. The van der Waals surface area contributed by atoms with Crippen molar-refractivity contribution in [3.63, 3.8) is 0 Å². The first kappa shape index (κ1) is 11.8. The van der Waals surface area contributed by atoms with E-state index in [2.05, 4.69) is 59.8 Å². The van der Waals surface area contributed by atoms with E-state index in [9.17, 15) is 0 Å². The van der Waals surface area contributed by atoms with Crippen LogP contribution >= 0.6 is 0 Å². The van der Waals surface area contributed by atoms with Crippen molar-refractivity contribution in [2.75, 3.05) is 0 Å². The van der Waals surface area contributed by atoms with Gasteiger partial charge in [0.25, 0.3) is 0 Å². The zero-order chi connectivity index (χ0) is 12.3. The molecule has 0 unspecified atom stereocenters. The van der Waals surface area contributed by atoms with Gasteiger partial charge in [-0.3, -0.25) is 0 Å². The molecule has 0 spiro atoms. The Morgan fingerprint density at radius 2 is 1.76 bits per heavy atom. The smallest absolute Gasteiger partial charge is 0.133 e. The standard InChI is InChI=1S/C14H19N3/c1-14(2,3)17-11-15-16-13(17)10-9-12-7-5-4-6-8-12/h4-8,11H,9-10H2,1-3H3. The molecule has 1 heterocycles. The fourth-order valence-corrected chi connectivity index (χ4v) is 1.89. The lowest BCUT2D eigenvalue weighted by atomic mass is 10.1. The third-order valence-corrected chi connectivity index (χ3v) is 2.82. The molecule has 0 aliphatic carbocycles. The Labute approximate surface area is 103 Å². The minimum atomic E-state index is 0.0511. The first-order chi connectivity index (χ1) is 8.07. The predicted molar refractivity (Wildman–Crippen MR) is 68.9 cm³/mol. The number of aromatic nitrogens is 3. The molecule has 1 aromatic carbocycles. The Balaban J connectivity index is 2.08. The minimum Gasteiger partial charge on any atom is -0.312 e. The average Bonchev–Trinajstić information content (AvgIpc) is 2.75. The summed E-state index contributed by atoms with van der Waals surface area (Å²) in [7, 11) is 0. The summed E-state index contributed by atoms with van der Waals surface area (Å²) in [5, 5.41) is 8.22. The maximum atomic E-state index is 4.21. The van der Waals surface area contributed by atoms with Crippen LogP contribution in [0.2, 0.25) is 0 Å². The molecule has 17 heavy (non-hydrogen) atoms. The monoisotopic (exact) mass is 229 g/mol. The van der Waals surface area contributed by atoms with Crippen LogP contribution in [-0.2, 0) is 18.4 Å². The summed E-state index contributed by atoms with van der Waals surface area (Å²) < 4.78 is 2.15. The van der Waals surface area contributed by atoms with Crippen molar-refractivity contribution in [2.45, 2.75) is 39.2 Å². The third-order valence-electron chi connectivity index (χ3n) is 2.82. The molecular formula is C14H19N3. The van der Waals surface area contributed by atoms with Gasteiger partial charge in [0, 0.05) is 12.0 Å². The molecule has 2 rings (SSSR count). The molecule has 0 N–H and O–H groups in total. The van der Waals surface area contributed by atoms with Gasteiger partial charge >= 0.3 is 0 Å². The largest absolute Gasteiger partial charge is 0.312 e. The molecule has 0 bridgehead atoms. The normalized spacial score (nSPS) is 11.7. The Morgan fingerprint density at radius 3 is 2.41 bits per heavy atom. The molecule has 3 nitrogen and oxygen atoms in total. The lowest BCUT2D eigenvalue weighted by Crippen LogP contribution is -2.23. The van der Waals surface area contributed by atoms with Crippen LogP contribution in [0.5, 0.6) is 0 Å². The van der Waals surface area contributed by atoms with Crippen molar-refractivity contribution in [1.82, 2.24) is 14.8 Å². The maximum Gasteiger partial charge on any atom is 0.133 e. The van der Waals surface area contributed by atoms with Gasteiger partial charge in [0.2, 0.25) is 0 Å². The number of rotatable bonds is 3. The highest BCUT2D eigenvalue weighted by atomic mass is 15.3. The van der Waals surface area contributed by atoms with E-state index in [-0.39, 0.29) is 5.54 Å². The molecule has 0 aliphatic heterocycles. The van der Waals surface area contributed by atoms with Crippen molar-refractivity contribution >= 4 is 0 Å². The first-order valence-electron chi connectivity index (χ1n) is 6.01. The van der Waals surface area contributed by atoms with E-state index >= 15 is 0 Å². The summed E-state index contributed by atoms with van der Waals surface area (Å²) in [5.74, 6) is 1.06. The number of nitrogens with zero attached hydrogens (tertiary/aromatic N) is 3. The highest BCUT2D eigenvalue weighted by Crippen LogP contribution is 2.16. The van der Waals surface area contributed by atoms with Gasteiger partial charge in [-0.15, -0.1) is 10.2 Å². The van der Waals surface area contributed by atoms with Crippen molar-refractivity contribution in [1.29, 1.82) is 0 Å². The molecule has 0 saturated heterocycles. The predicted octanol–water partition coefficient (Wildman–Crippen LogP) is 2.82. The molecule has 0 amide bonds. The highest BCUT2D eigenvalue weighted by Gasteiger charge is 2.17. The van der Waals surface area contributed by atoms with E-state index in [1.807, 2.05) is 12.4 Å². The van der Waals surface area contributed by atoms with Crippen molar-refractivity contribution in [3.05, 3.63) is 48.0 Å². The van der Waals surface area contributed by atoms with Gasteiger partial charge in [-0.25, -0.2) is 0 Å². The lowest BCUT2D eigenvalue weighted by Gasteiger charge is -2.22. The van der Waals surface area contributed by atoms with Gasteiger partial charge in [0.05, 0.1) is 0 Å². The van der Waals surface area contributed by atoms with Gasteiger partial charge in [-0.2, -0.15) is 0 Å². The van der Waals surface area contributed by atoms with Crippen LogP contribution in [-0.4, -0.2) is 14.8 Å². The number of hydrogen-bond donors (Lipinski definition) is 0. The molecule has 2 aromatic rings. The van der Waals surface area contributed by atoms with E-state index in [0.29, 0.717) is 0 Å². The van der Waals surface area contributed by atoms with E-state index in [1.54, 1.807) is 0 Å². The molecule has 0 fully saturated rings. The Kier molecular flexibility index (Phi) is 3.27. The van der Waals surface area contributed by atoms with Gasteiger partial charge in [-0.1, -0.05) is 30.3 Å². The van der Waals surface area contributed by atoms with E-state index < -0.39 is 0 Å². The minimum absolute atomic E-state index is 0.0511. The Hall–Kier alpha value is -1.64. The molecule has 3 heteroatoms. The second-order valence-electron chi connectivity index (χ2n) is 5.27. The highest BCUT2D eigenvalue weighted by molar-refractivity contribution is 5.15. The van der Waals surface area contributed by atoms with Gasteiger partial charge < -0.3 is 4.57 Å². The average molecular weight is 229 g/mol. The van der Waals surface area contributed by atoms with Crippen LogP contribution in [0.4, 0.5) is 0 Å². The number of hydrogen-bond acceptors (Lipinski definition) is 2. The molecule has 0 atom stereocenters. The second kappa shape index (κ2) is 4.70.